The van der Waals surface area contributed by atoms with Gasteiger partial charge in [0.25, 0.3) is 5.56 Å². The van der Waals surface area contributed by atoms with E-state index < -0.39 is 0 Å². The summed E-state index contributed by atoms with van der Waals surface area (Å²) in [6.45, 7) is 4.84. The van der Waals surface area contributed by atoms with E-state index in [1.807, 2.05) is 13.0 Å². The molecule has 6 heteroatoms. The summed E-state index contributed by atoms with van der Waals surface area (Å²) >= 11 is 0. The number of hydrogen-bond donors (Lipinski definition) is 2. The maximum Gasteiger partial charge on any atom is 0.258 e. The van der Waals surface area contributed by atoms with Crippen LogP contribution >= 0.6 is 0 Å². The van der Waals surface area contributed by atoms with Crippen LogP contribution in [-0.4, -0.2) is 27.9 Å². The first kappa shape index (κ1) is 15.2. The Kier molecular flexibility index (Phi) is 5.05. The Morgan fingerprint density at radius 1 is 1.43 bits per heavy atom. The maximum absolute atomic E-state index is 11.9. The van der Waals surface area contributed by atoms with E-state index >= 15 is 0 Å². The van der Waals surface area contributed by atoms with Crippen molar-refractivity contribution in [2.45, 2.75) is 32.9 Å². The lowest BCUT2D eigenvalue weighted by molar-refractivity contribution is -0.122. The van der Waals surface area contributed by atoms with E-state index in [9.17, 15) is 9.59 Å². The zero-order valence-electron chi connectivity index (χ0n) is 12.3. The molecule has 0 spiro atoms. The first-order valence-electron chi connectivity index (χ1n) is 7.10. The number of carbonyl (C=O) groups excluding carboxylic acids is 1. The topological polar surface area (TPSA) is 75.5 Å². The Bertz CT molecular complexity index is 681. The summed E-state index contributed by atoms with van der Waals surface area (Å²) < 4.78 is 1.49. The van der Waals surface area contributed by atoms with Crippen molar-refractivity contribution < 1.29 is 4.79 Å². The fourth-order valence-electron chi connectivity index (χ4n) is 1.95. The second-order valence-corrected chi connectivity index (χ2v) is 4.91. The lowest BCUT2D eigenvalue weighted by atomic mass is 10.3. The number of amides is 1. The van der Waals surface area contributed by atoms with Gasteiger partial charge in [-0.1, -0.05) is 13.0 Å². The van der Waals surface area contributed by atoms with Gasteiger partial charge in [0.05, 0.1) is 11.7 Å². The van der Waals surface area contributed by atoms with Gasteiger partial charge in [0, 0.05) is 25.4 Å². The largest absolute Gasteiger partial charge is 0.355 e. The van der Waals surface area contributed by atoms with Crippen molar-refractivity contribution in [2.75, 3.05) is 6.54 Å². The second-order valence-electron chi connectivity index (χ2n) is 4.91. The normalized spacial score (nSPS) is 12.3. The van der Waals surface area contributed by atoms with Gasteiger partial charge in [-0.3, -0.25) is 14.0 Å². The molecule has 2 aromatic heterocycles. The van der Waals surface area contributed by atoms with Crippen LogP contribution in [0, 0.1) is 0 Å². The highest BCUT2D eigenvalue weighted by atomic mass is 16.2. The molecular formula is C15H20N4O2. The number of carbonyl (C=O) groups is 1. The number of pyridine rings is 1. The molecule has 6 nitrogen and oxygen atoms in total. The number of aromatic nitrogens is 2. The Hall–Kier alpha value is -2.21. The van der Waals surface area contributed by atoms with E-state index in [0.29, 0.717) is 24.4 Å². The van der Waals surface area contributed by atoms with Gasteiger partial charge in [-0.2, -0.15) is 0 Å². The van der Waals surface area contributed by atoms with E-state index in [1.54, 1.807) is 25.3 Å². The Morgan fingerprint density at radius 2 is 2.24 bits per heavy atom. The molecule has 0 saturated carbocycles. The average molecular weight is 288 g/mol. The van der Waals surface area contributed by atoms with Crippen LogP contribution in [0.15, 0.2) is 35.3 Å². The fourth-order valence-corrected chi connectivity index (χ4v) is 1.95. The number of rotatable bonds is 6. The Labute approximate surface area is 123 Å². The smallest absolute Gasteiger partial charge is 0.258 e. The number of nitrogens with one attached hydrogen (secondary N) is 2. The molecule has 1 atom stereocenters. The van der Waals surface area contributed by atoms with Crippen molar-refractivity contribution in [1.29, 1.82) is 0 Å². The summed E-state index contributed by atoms with van der Waals surface area (Å²) in [5.74, 6) is -0.0469. The van der Waals surface area contributed by atoms with Gasteiger partial charge >= 0.3 is 0 Å². The highest BCUT2D eigenvalue weighted by Gasteiger charge is 2.11. The second kappa shape index (κ2) is 6.99. The van der Waals surface area contributed by atoms with Crippen molar-refractivity contribution in [1.82, 2.24) is 20.0 Å². The first-order valence-corrected chi connectivity index (χ1v) is 7.10. The molecule has 2 aromatic rings. The molecule has 0 aliphatic rings. The highest BCUT2D eigenvalue weighted by molar-refractivity contribution is 5.81. The first-order chi connectivity index (χ1) is 10.1. The summed E-state index contributed by atoms with van der Waals surface area (Å²) in [6.07, 6.45) is 2.59. The van der Waals surface area contributed by atoms with Crippen molar-refractivity contribution in [2.24, 2.45) is 0 Å². The molecule has 0 radical (unpaired) electrons. The zero-order chi connectivity index (χ0) is 15.2. The predicted octanol–water partition coefficient (Wildman–Crippen LogP) is 0.699. The lowest BCUT2D eigenvalue weighted by Crippen LogP contribution is -2.42. The third-order valence-corrected chi connectivity index (χ3v) is 3.16. The van der Waals surface area contributed by atoms with Gasteiger partial charge in [0.15, 0.2) is 0 Å². The van der Waals surface area contributed by atoms with Crippen LogP contribution in [0.25, 0.3) is 5.65 Å². The molecular weight excluding hydrogens is 268 g/mol. The van der Waals surface area contributed by atoms with Crippen LogP contribution in [0.5, 0.6) is 0 Å². The summed E-state index contributed by atoms with van der Waals surface area (Å²) in [5.41, 5.74) is 1.10. The quantitative estimate of drug-likeness (QED) is 0.820. The third kappa shape index (κ3) is 3.88. The van der Waals surface area contributed by atoms with Crippen LogP contribution in [-0.2, 0) is 11.3 Å². The average Bonchev–Trinajstić information content (AvgIpc) is 2.50. The van der Waals surface area contributed by atoms with Crippen molar-refractivity contribution >= 4 is 11.6 Å². The SMILES string of the molecule is CCCNC(=O)C(C)NCc1cc(=O)n2ccccc2n1. The summed E-state index contributed by atoms with van der Waals surface area (Å²) in [6, 6.07) is 6.56. The van der Waals surface area contributed by atoms with Crippen molar-refractivity contribution in [3.63, 3.8) is 0 Å². The molecule has 1 unspecified atom stereocenters. The van der Waals surface area contributed by atoms with Crippen LogP contribution in [0.4, 0.5) is 0 Å². The minimum absolute atomic E-state index is 0.0469. The van der Waals surface area contributed by atoms with Gasteiger partial charge in [-0.05, 0) is 25.5 Å². The fraction of sp³-hybridized carbons (Fsp3) is 0.400. The minimum Gasteiger partial charge on any atom is -0.355 e. The van der Waals surface area contributed by atoms with Crippen molar-refractivity contribution in [3.8, 4) is 0 Å². The van der Waals surface area contributed by atoms with E-state index in [2.05, 4.69) is 15.6 Å². The van der Waals surface area contributed by atoms with Gasteiger partial charge in [0.1, 0.15) is 5.65 Å². The number of nitrogens with zero attached hydrogens (tertiary/aromatic N) is 2. The van der Waals surface area contributed by atoms with Gasteiger partial charge in [-0.15, -0.1) is 0 Å². The predicted molar refractivity (Wildman–Crippen MR) is 81.1 cm³/mol. The highest BCUT2D eigenvalue weighted by Crippen LogP contribution is 1.99. The summed E-state index contributed by atoms with van der Waals surface area (Å²) in [7, 11) is 0. The summed E-state index contributed by atoms with van der Waals surface area (Å²) in [4.78, 5) is 28.1. The van der Waals surface area contributed by atoms with E-state index in [4.69, 9.17) is 0 Å². The van der Waals surface area contributed by atoms with E-state index in [0.717, 1.165) is 6.42 Å². The molecule has 2 rings (SSSR count). The van der Waals surface area contributed by atoms with Crippen LogP contribution in [0.1, 0.15) is 26.0 Å². The van der Waals surface area contributed by atoms with Gasteiger partial charge in [-0.25, -0.2) is 4.98 Å². The molecule has 0 aliphatic heterocycles. The molecule has 0 aromatic carbocycles. The summed E-state index contributed by atoms with van der Waals surface area (Å²) in [5, 5.41) is 5.90. The lowest BCUT2D eigenvalue weighted by Gasteiger charge is -2.13. The van der Waals surface area contributed by atoms with E-state index in [1.165, 1.54) is 10.5 Å². The molecule has 0 bridgehead atoms. The molecule has 0 fully saturated rings. The maximum atomic E-state index is 11.9. The monoisotopic (exact) mass is 288 g/mol. The van der Waals surface area contributed by atoms with Gasteiger partial charge < -0.3 is 10.6 Å². The van der Waals surface area contributed by atoms with Crippen LogP contribution < -0.4 is 16.2 Å². The Balaban J connectivity index is 2.03. The van der Waals surface area contributed by atoms with Crippen LogP contribution in [0.2, 0.25) is 0 Å². The molecule has 0 aliphatic carbocycles. The van der Waals surface area contributed by atoms with Crippen molar-refractivity contribution in [3.05, 3.63) is 46.5 Å². The minimum atomic E-state index is -0.326. The third-order valence-electron chi connectivity index (χ3n) is 3.16. The molecule has 2 heterocycles. The standard InChI is InChI=1S/C15H20N4O2/c1-3-7-16-15(21)11(2)17-10-12-9-14(20)19-8-5-4-6-13(19)18-12/h4-6,8-9,11,17H,3,7,10H2,1-2H3,(H,16,21). The molecule has 0 saturated heterocycles. The van der Waals surface area contributed by atoms with Crippen LogP contribution in [0.3, 0.4) is 0 Å². The molecule has 112 valence electrons. The molecule has 2 N–H and O–H groups in total. The molecule has 1 amide bonds. The molecule has 21 heavy (non-hydrogen) atoms. The number of hydrogen-bond acceptors (Lipinski definition) is 4. The van der Waals surface area contributed by atoms with Gasteiger partial charge in [0.2, 0.25) is 5.91 Å². The van der Waals surface area contributed by atoms with E-state index in [-0.39, 0.29) is 17.5 Å². The Morgan fingerprint density at radius 3 is 3.00 bits per heavy atom. The zero-order valence-corrected chi connectivity index (χ0v) is 12.3. The number of fused-ring (bicyclic) bond motifs is 1.